The maximum Gasteiger partial charge on any atom is 0.169 e. The van der Waals surface area contributed by atoms with Gasteiger partial charge in [-0.05, 0) is 43.8 Å². The van der Waals surface area contributed by atoms with E-state index in [0.717, 1.165) is 17.7 Å². The molecular formula is C14H26N2S. The number of nitrogens with one attached hydrogen (secondary N) is 1. The largest absolute Gasteiger partial charge is 0.360 e. The first kappa shape index (κ1) is 13.1. The fraction of sp³-hybridized carbons (Fsp3) is 0.929. The average Bonchev–Trinajstić information content (AvgIpc) is 3.10. The summed E-state index contributed by atoms with van der Waals surface area (Å²) in [5.41, 5.74) is 0. The van der Waals surface area contributed by atoms with Gasteiger partial charge >= 0.3 is 0 Å². The molecule has 1 N–H and O–H groups in total. The van der Waals surface area contributed by atoms with Crippen molar-refractivity contribution in [1.82, 2.24) is 10.2 Å². The average molecular weight is 254 g/mol. The lowest BCUT2D eigenvalue weighted by atomic mass is 9.96. The first-order valence-electron chi connectivity index (χ1n) is 7.24. The highest BCUT2D eigenvalue weighted by atomic mass is 32.1. The van der Waals surface area contributed by atoms with Gasteiger partial charge < -0.3 is 10.2 Å². The molecule has 0 radical (unpaired) electrons. The number of rotatable bonds is 4. The lowest BCUT2D eigenvalue weighted by Gasteiger charge is -2.32. The van der Waals surface area contributed by atoms with Crippen molar-refractivity contribution < 1.29 is 0 Å². The number of hydrogen-bond acceptors (Lipinski definition) is 1. The van der Waals surface area contributed by atoms with Crippen LogP contribution in [-0.4, -0.2) is 28.6 Å². The highest BCUT2D eigenvalue weighted by Crippen LogP contribution is 2.28. The second kappa shape index (κ2) is 6.03. The Morgan fingerprint density at radius 2 is 1.82 bits per heavy atom. The van der Waals surface area contributed by atoms with Gasteiger partial charge in [0.2, 0.25) is 0 Å². The lowest BCUT2D eigenvalue weighted by molar-refractivity contribution is 0.335. The van der Waals surface area contributed by atoms with E-state index < -0.39 is 0 Å². The molecule has 0 saturated heterocycles. The molecule has 0 spiro atoms. The molecule has 0 amide bonds. The van der Waals surface area contributed by atoms with Crippen LogP contribution < -0.4 is 5.32 Å². The van der Waals surface area contributed by atoms with Gasteiger partial charge in [-0.25, -0.2) is 0 Å². The summed E-state index contributed by atoms with van der Waals surface area (Å²) in [7, 11) is 0. The third-order valence-electron chi connectivity index (χ3n) is 3.74. The van der Waals surface area contributed by atoms with E-state index in [1.807, 2.05) is 0 Å². The predicted molar refractivity (Wildman–Crippen MR) is 77.2 cm³/mol. The Morgan fingerprint density at radius 3 is 2.35 bits per heavy atom. The molecule has 0 aliphatic heterocycles. The highest BCUT2D eigenvalue weighted by molar-refractivity contribution is 7.80. The van der Waals surface area contributed by atoms with Crippen LogP contribution in [0.1, 0.15) is 58.8 Å². The summed E-state index contributed by atoms with van der Waals surface area (Å²) in [4.78, 5) is 2.44. The Balaban J connectivity index is 1.82. The van der Waals surface area contributed by atoms with Crippen LogP contribution in [0.4, 0.5) is 0 Å². The summed E-state index contributed by atoms with van der Waals surface area (Å²) >= 11 is 5.61. The van der Waals surface area contributed by atoms with E-state index in [1.165, 1.54) is 44.9 Å². The minimum absolute atomic E-state index is 0.643. The second-order valence-electron chi connectivity index (χ2n) is 6.06. The number of nitrogens with zero attached hydrogens (tertiary/aromatic N) is 1. The Morgan fingerprint density at radius 1 is 1.18 bits per heavy atom. The van der Waals surface area contributed by atoms with Gasteiger partial charge in [0, 0.05) is 18.6 Å². The molecule has 0 aromatic heterocycles. The van der Waals surface area contributed by atoms with Crippen LogP contribution >= 0.6 is 12.2 Å². The van der Waals surface area contributed by atoms with Crippen molar-refractivity contribution in [2.75, 3.05) is 6.54 Å². The molecule has 0 unspecified atom stereocenters. The molecular weight excluding hydrogens is 228 g/mol. The van der Waals surface area contributed by atoms with Gasteiger partial charge in [0.25, 0.3) is 0 Å². The molecule has 0 bridgehead atoms. The molecule has 2 aliphatic rings. The zero-order valence-electron chi connectivity index (χ0n) is 11.2. The van der Waals surface area contributed by atoms with Crippen LogP contribution in [0.3, 0.4) is 0 Å². The Bertz CT molecular complexity index is 255. The van der Waals surface area contributed by atoms with Crippen molar-refractivity contribution in [3.05, 3.63) is 0 Å². The van der Waals surface area contributed by atoms with Crippen molar-refractivity contribution in [3.63, 3.8) is 0 Å². The van der Waals surface area contributed by atoms with Gasteiger partial charge in [-0.2, -0.15) is 0 Å². The molecule has 98 valence electrons. The summed E-state index contributed by atoms with van der Waals surface area (Å²) in [6, 6.07) is 1.38. The lowest BCUT2D eigenvalue weighted by Crippen LogP contribution is -2.47. The summed E-state index contributed by atoms with van der Waals surface area (Å²) in [5.74, 6) is 0.696. The van der Waals surface area contributed by atoms with Gasteiger partial charge in [0.15, 0.2) is 5.11 Å². The second-order valence-corrected chi connectivity index (χ2v) is 6.45. The van der Waals surface area contributed by atoms with E-state index >= 15 is 0 Å². The molecule has 0 aromatic rings. The van der Waals surface area contributed by atoms with Crippen molar-refractivity contribution in [2.24, 2.45) is 5.92 Å². The van der Waals surface area contributed by atoms with Gasteiger partial charge in [0.1, 0.15) is 0 Å². The minimum atomic E-state index is 0.643. The van der Waals surface area contributed by atoms with E-state index in [-0.39, 0.29) is 0 Å². The van der Waals surface area contributed by atoms with Crippen molar-refractivity contribution in [2.45, 2.75) is 70.9 Å². The molecule has 0 heterocycles. The summed E-state index contributed by atoms with van der Waals surface area (Å²) in [6.07, 6.45) is 9.42. The first-order chi connectivity index (χ1) is 8.16. The van der Waals surface area contributed by atoms with E-state index in [0.29, 0.717) is 12.0 Å². The molecule has 0 atom stereocenters. The third kappa shape index (κ3) is 4.13. The monoisotopic (exact) mass is 254 g/mol. The Labute approximate surface area is 111 Å². The Hall–Kier alpha value is -0.310. The zero-order valence-corrected chi connectivity index (χ0v) is 12.1. The minimum Gasteiger partial charge on any atom is -0.360 e. The van der Waals surface area contributed by atoms with Crippen molar-refractivity contribution in [1.29, 1.82) is 0 Å². The third-order valence-corrected chi connectivity index (χ3v) is 4.10. The topological polar surface area (TPSA) is 15.3 Å². The summed E-state index contributed by atoms with van der Waals surface area (Å²) < 4.78 is 0. The maximum absolute atomic E-state index is 5.61. The summed E-state index contributed by atoms with van der Waals surface area (Å²) in [5, 5.41) is 4.62. The van der Waals surface area contributed by atoms with E-state index in [2.05, 4.69) is 24.1 Å². The smallest absolute Gasteiger partial charge is 0.169 e. The first-order valence-corrected chi connectivity index (χ1v) is 7.65. The van der Waals surface area contributed by atoms with Gasteiger partial charge in [-0.1, -0.05) is 33.1 Å². The number of thiocarbonyl (C=S) groups is 1. The molecule has 0 aromatic carbocycles. The predicted octanol–water partition coefficient (Wildman–Crippen LogP) is 3.31. The molecule has 2 rings (SSSR count). The fourth-order valence-electron chi connectivity index (χ4n) is 2.68. The summed E-state index contributed by atoms with van der Waals surface area (Å²) in [6.45, 7) is 5.67. The van der Waals surface area contributed by atoms with Crippen LogP contribution in [0.5, 0.6) is 0 Å². The number of hydrogen-bond donors (Lipinski definition) is 1. The van der Waals surface area contributed by atoms with Crippen LogP contribution in [-0.2, 0) is 0 Å². The molecule has 2 fully saturated rings. The molecule has 3 heteroatoms. The van der Waals surface area contributed by atoms with Crippen molar-refractivity contribution >= 4 is 17.3 Å². The van der Waals surface area contributed by atoms with Gasteiger partial charge in [-0.15, -0.1) is 0 Å². The van der Waals surface area contributed by atoms with Crippen molar-refractivity contribution in [3.8, 4) is 0 Å². The molecule has 17 heavy (non-hydrogen) atoms. The van der Waals surface area contributed by atoms with Crippen LogP contribution in [0, 0.1) is 5.92 Å². The highest BCUT2D eigenvalue weighted by Gasteiger charge is 2.31. The van der Waals surface area contributed by atoms with E-state index in [1.54, 1.807) is 0 Å². The van der Waals surface area contributed by atoms with E-state index in [4.69, 9.17) is 12.2 Å². The molecule has 2 saturated carbocycles. The van der Waals surface area contributed by atoms with Crippen LogP contribution in [0.2, 0.25) is 0 Å². The van der Waals surface area contributed by atoms with Gasteiger partial charge in [-0.3, -0.25) is 0 Å². The van der Waals surface area contributed by atoms with Crippen LogP contribution in [0.25, 0.3) is 0 Å². The fourth-order valence-corrected chi connectivity index (χ4v) is 3.07. The molecule has 2 nitrogen and oxygen atoms in total. The molecule has 2 aliphatic carbocycles. The SMILES string of the molecule is CC(C)CN(C(=S)NC1CCCCC1)C1CC1. The zero-order chi connectivity index (χ0) is 12.3. The van der Waals surface area contributed by atoms with Crippen LogP contribution in [0.15, 0.2) is 0 Å². The Kier molecular flexibility index (Phi) is 4.66. The maximum atomic E-state index is 5.61. The van der Waals surface area contributed by atoms with E-state index in [9.17, 15) is 0 Å². The van der Waals surface area contributed by atoms with Gasteiger partial charge in [0.05, 0.1) is 0 Å². The quantitative estimate of drug-likeness (QED) is 0.775. The standard InChI is InChI=1S/C14H26N2S/c1-11(2)10-16(13-8-9-13)14(17)15-12-6-4-3-5-7-12/h11-13H,3-10H2,1-2H3,(H,15,17). The normalized spacial score (nSPS) is 21.6.